The van der Waals surface area contributed by atoms with Gasteiger partial charge in [0.1, 0.15) is 0 Å². The monoisotopic (exact) mass is 232 g/mol. The summed E-state index contributed by atoms with van der Waals surface area (Å²) in [4.78, 5) is 11.8. The number of amides is 1. The minimum atomic E-state index is -0.564. The van der Waals surface area contributed by atoms with Crippen LogP contribution in [0.4, 0.5) is 0 Å². The molecule has 96 valence electrons. The van der Waals surface area contributed by atoms with Gasteiger partial charge >= 0.3 is 0 Å². The molecule has 0 aromatic heterocycles. The summed E-state index contributed by atoms with van der Waals surface area (Å²) in [7, 11) is 1.56. The SMILES string of the molecule is COCC(CCO)NC(=O)C(N)C(C)(C)C. The number of rotatable bonds is 6. The fraction of sp³-hybridized carbons (Fsp3) is 0.909. The molecule has 0 spiro atoms. The quantitative estimate of drug-likeness (QED) is 0.596. The Morgan fingerprint density at radius 3 is 2.44 bits per heavy atom. The highest BCUT2D eigenvalue weighted by Crippen LogP contribution is 2.17. The number of aliphatic hydroxyl groups is 1. The van der Waals surface area contributed by atoms with Crippen molar-refractivity contribution >= 4 is 5.91 Å². The fourth-order valence-electron chi connectivity index (χ4n) is 1.24. The highest BCUT2D eigenvalue weighted by molar-refractivity contribution is 5.82. The zero-order valence-electron chi connectivity index (χ0n) is 10.6. The molecular formula is C11H24N2O3. The summed E-state index contributed by atoms with van der Waals surface area (Å²) in [6.07, 6.45) is 0.469. The maximum atomic E-state index is 11.8. The highest BCUT2D eigenvalue weighted by Gasteiger charge is 2.28. The van der Waals surface area contributed by atoms with Crippen molar-refractivity contribution < 1.29 is 14.6 Å². The van der Waals surface area contributed by atoms with Gasteiger partial charge in [0.15, 0.2) is 0 Å². The van der Waals surface area contributed by atoms with Gasteiger partial charge in [-0.25, -0.2) is 0 Å². The Morgan fingerprint density at radius 2 is 2.06 bits per heavy atom. The predicted molar refractivity (Wildman–Crippen MR) is 62.9 cm³/mol. The van der Waals surface area contributed by atoms with Gasteiger partial charge < -0.3 is 20.9 Å². The molecule has 0 radical (unpaired) electrons. The molecule has 0 bridgehead atoms. The molecule has 4 N–H and O–H groups in total. The maximum absolute atomic E-state index is 11.8. The van der Waals surface area contributed by atoms with Gasteiger partial charge in [-0.1, -0.05) is 20.8 Å². The van der Waals surface area contributed by atoms with Crippen LogP contribution >= 0.6 is 0 Å². The van der Waals surface area contributed by atoms with Gasteiger partial charge in [-0.3, -0.25) is 4.79 Å². The second-order valence-electron chi connectivity index (χ2n) is 5.02. The number of methoxy groups -OCH3 is 1. The van der Waals surface area contributed by atoms with Gasteiger partial charge in [-0.05, 0) is 11.8 Å². The van der Waals surface area contributed by atoms with Gasteiger partial charge in [-0.15, -0.1) is 0 Å². The standard InChI is InChI=1S/C11H24N2O3/c1-11(2,3)9(12)10(15)13-8(5-6-14)7-16-4/h8-9,14H,5-7,12H2,1-4H3,(H,13,15). The van der Waals surface area contributed by atoms with Crippen molar-refractivity contribution in [3.05, 3.63) is 0 Å². The first kappa shape index (κ1) is 15.3. The fourth-order valence-corrected chi connectivity index (χ4v) is 1.24. The third kappa shape index (κ3) is 5.44. The predicted octanol–water partition coefficient (Wildman–Crippen LogP) is -0.127. The molecule has 5 nitrogen and oxygen atoms in total. The summed E-state index contributed by atoms with van der Waals surface area (Å²) in [5.74, 6) is -0.206. The Labute approximate surface area is 97.3 Å². The largest absolute Gasteiger partial charge is 0.396 e. The van der Waals surface area contributed by atoms with Crippen molar-refractivity contribution in [1.29, 1.82) is 0 Å². The van der Waals surface area contributed by atoms with Gasteiger partial charge in [0.25, 0.3) is 0 Å². The van der Waals surface area contributed by atoms with Crippen LogP contribution in [0.5, 0.6) is 0 Å². The molecule has 0 saturated heterocycles. The topological polar surface area (TPSA) is 84.6 Å². The van der Waals surface area contributed by atoms with Crippen molar-refractivity contribution in [2.24, 2.45) is 11.1 Å². The molecule has 0 rings (SSSR count). The number of carbonyl (C=O) groups is 1. The average Bonchev–Trinajstić information content (AvgIpc) is 2.15. The van der Waals surface area contributed by atoms with E-state index in [1.807, 2.05) is 20.8 Å². The molecule has 0 aromatic rings. The lowest BCUT2D eigenvalue weighted by Gasteiger charge is -2.28. The molecular weight excluding hydrogens is 208 g/mol. The lowest BCUT2D eigenvalue weighted by Crippen LogP contribution is -2.52. The van der Waals surface area contributed by atoms with Crippen LogP contribution in [0.1, 0.15) is 27.2 Å². The molecule has 1 amide bonds. The molecule has 0 aliphatic rings. The number of nitrogens with one attached hydrogen (secondary N) is 1. The smallest absolute Gasteiger partial charge is 0.237 e. The minimum Gasteiger partial charge on any atom is -0.396 e. The Morgan fingerprint density at radius 1 is 1.50 bits per heavy atom. The van der Waals surface area contributed by atoms with Crippen molar-refractivity contribution in [2.45, 2.75) is 39.3 Å². The van der Waals surface area contributed by atoms with E-state index in [0.717, 1.165) is 0 Å². The summed E-state index contributed by atoms with van der Waals surface area (Å²) in [5, 5.41) is 11.6. The normalized spacial score (nSPS) is 15.6. The van der Waals surface area contributed by atoms with Crippen LogP contribution in [0.2, 0.25) is 0 Å². The van der Waals surface area contributed by atoms with Crippen molar-refractivity contribution in [2.75, 3.05) is 20.3 Å². The van der Waals surface area contributed by atoms with Crippen LogP contribution in [-0.4, -0.2) is 43.4 Å². The van der Waals surface area contributed by atoms with E-state index in [4.69, 9.17) is 15.6 Å². The molecule has 2 unspecified atom stereocenters. The highest BCUT2D eigenvalue weighted by atomic mass is 16.5. The van der Waals surface area contributed by atoms with E-state index in [1.165, 1.54) is 0 Å². The third-order valence-electron chi connectivity index (χ3n) is 2.41. The van der Waals surface area contributed by atoms with Crippen LogP contribution in [0.25, 0.3) is 0 Å². The van der Waals surface area contributed by atoms with Crippen LogP contribution in [0.3, 0.4) is 0 Å². The summed E-state index contributed by atoms with van der Waals surface area (Å²) in [6.45, 7) is 6.13. The van der Waals surface area contributed by atoms with E-state index >= 15 is 0 Å². The molecule has 0 heterocycles. The van der Waals surface area contributed by atoms with E-state index in [0.29, 0.717) is 13.0 Å². The van der Waals surface area contributed by atoms with E-state index in [1.54, 1.807) is 7.11 Å². The van der Waals surface area contributed by atoms with Gasteiger partial charge in [0.2, 0.25) is 5.91 Å². The zero-order valence-corrected chi connectivity index (χ0v) is 10.6. The summed E-state index contributed by atoms with van der Waals surface area (Å²) in [5.41, 5.74) is 5.54. The molecule has 2 atom stereocenters. The number of nitrogens with two attached hydrogens (primary N) is 1. The Kier molecular flexibility index (Phi) is 6.55. The third-order valence-corrected chi connectivity index (χ3v) is 2.41. The second kappa shape index (κ2) is 6.83. The number of ether oxygens (including phenoxy) is 1. The second-order valence-corrected chi connectivity index (χ2v) is 5.02. The van der Waals surface area contributed by atoms with E-state index in [-0.39, 0.29) is 24.0 Å². The zero-order chi connectivity index (χ0) is 12.8. The maximum Gasteiger partial charge on any atom is 0.237 e. The molecule has 16 heavy (non-hydrogen) atoms. The van der Waals surface area contributed by atoms with Gasteiger partial charge in [0.05, 0.1) is 18.7 Å². The Bertz CT molecular complexity index is 208. The number of hydrogen-bond donors (Lipinski definition) is 3. The van der Waals surface area contributed by atoms with Crippen molar-refractivity contribution in [3.8, 4) is 0 Å². The molecule has 0 saturated carbocycles. The summed E-state index contributed by atoms with van der Waals surface area (Å²) in [6, 6.07) is -0.749. The Balaban J connectivity index is 4.28. The summed E-state index contributed by atoms with van der Waals surface area (Å²) >= 11 is 0. The van der Waals surface area contributed by atoms with Crippen molar-refractivity contribution in [1.82, 2.24) is 5.32 Å². The molecule has 5 heteroatoms. The van der Waals surface area contributed by atoms with E-state index in [9.17, 15) is 4.79 Å². The summed E-state index contributed by atoms with van der Waals surface area (Å²) < 4.78 is 4.96. The van der Waals surface area contributed by atoms with Crippen LogP contribution in [0.15, 0.2) is 0 Å². The molecule has 0 aromatic carbocycles. The van der Waals surface area contributed by atoms with Crippen LogP contribution < -0.4 is 11.1 Å². The van der Waals surface area contributed by atoms with Gasteiger partial charge in [0, 0.05) is 13.7 Å². The van der Waals surface area contributed by atoms with Crippen LogP contribution in [-0.2, 0) is 9.53 Å². The van der Waals surface area contributed by atoms with Crippen LogP contribution in [0, 0.1) is 5.41 Å². The van der Waals surface area contributed by atoms with Gasteiger partial charge in [-0.2, -0.15) is 0 Å². The van der Waals surface area contributed by atoms with E-state index in [2.05, 4.69) is 5.32 Å². The first-order valence-electron chi connectivity index (χ1n) is 5.48. The lowest BCUT2D eigenvalue weighted by atomic mass is 9.87. The average molecular weight is 232 g/mol. The van der Waals surface area contributed by atoms with Crippen molar-refractivity contribution in [3.63, 3.8) is 0 Å². The molecule has 0 aliphatic carbocycles. The Hall–Kier alpha value is -0.650. The number of aliphatic hydroxyl groups excluding tert-OH is 1. The molecule has 0 fully saturated rings. The lowest BCUT2D eigenvalue weighted by molar-refractivity contribution is -0.125. The molecule has 0 aliphatic heterocycles. The first-order chi connectivity index (χ1) is 7.32. The number of hydrogen-bond acceptors (Lipinski definition) is 4. The van der Waals surface area contributed by atoms with E-state index < -0.39 is 6.04 Å². The first-order valence-corrected chi connectivity index (χ1v) is 5.48. The number of carbonyl (C=O) groups excluding carboxylic acids is 1. The minimum absolute atomic E-state index is 0.0130.